The number of likely N-dealkylation sites (N-methyl/N-ethyl adjacent to an activating group) is 1. The molecule has 1 heterocycles. The lowest BCUT2D eigenvalue weighted by Crippen LogP contribution is -2.35. The van der Waals surface area contributed by atoms with Crippen LogP contribution in [0.4, 0.5) is 0 Å². The Morgan fingerprint density at radius 2 is 2.10 bits per heavy atom. The first-order valence-corrected chi connectivity index (χ1v) is 7.12. The molecule has 0 aliphatic carbocycles. The topological polar surface area (TPSA) is 39.5 Å². The van der Waals surface area contributed by atoms with E-state index in [-0.39, 0.29) is 0 Å². The summed E-state index contributed by atoms with van der Waals surface area (Å²) >= 11 is 0. The predicted molar refractivity (Wildman–Crippen MR) is 79.7 cm³/mol. The van der Waals surface area contributed by atoms with Gasteiger partial charge in [0.2, 0.25) is 0 Å². The Labute approximate surface area is 121 Å². The molecule has 1 aromatic rings. The molecule has 1 aliphatic rings. The van der Waals surface area contributed by atoms with E-state index < -0.39 is 0 Å². The van der Waals surface area contributed by atoms with Crippen LogP contribution in [0.25, 0.3) is 0 Å². The minimum atomic E-state index is 0.605. The minimum Gasteiger partial charge on any atom is -0.491 e. The molecular weight excluding hydrogens is 250 g/mol. The molecular formula is C16H23N3O. The Bertz CT molecular complexity index is 481. The maximum atomic E-state index is 9.01. The van der Waals surface area contributed by atoms with Gasteiger partial charge in [-0.3, -0.25) is 4.90 Å². The largest absolute Gasteiger partial charge is 0.491 e. The molecule has 0 amide bonds. The van der Waals surface area contributed by atoms with Gasteiger partial charge in [0.1, 0.15) is 18.4 Å². The summed E-state index contributed by atoms with van der Waals surface area (Å²) in [4.78, 5) is 4.74. The lowest BCUT2D eigenvalue weighted by molar-refractivity contribution is 0.220. The van der Waals surface area contributed by atoms with Gasteiger partial charge < -0.3 is 9.64 Å². The summed E-state index contributed by atoms with van der Waals surface area (Å²) in [6.45, 7) is 6.06. The monoisotopic (exact) mass is 273 g/mol. The molecule has 4 heteroatoms. The molecule has 1 fully saturated rings. The van der Waals surface area contributed by atoms with E-state index in [1.807, 2.05) is 18.2 Å². The van der Waals surface area contributed by atoms with Crippen LogP contribution in [0.1, 0.15) is 12.5 Å². The van der Waals surface area contributed by atoms with Crippen LogP contribution in [0.15, 0.2) is 24.3 Å². The van der Waals surface area contributed by atoms with E-state index in [0.29, 0.717) is 29.9 Å². The van der Waals surface area contributed by atoms with E-state index in [2.05, 4.69) is 36.9 Å². The van der Waals surface area contributed by atoms with Crippen LogP contribution in [0, 0.1) is 17.2 Å². The van der Waals surface area contributed by atoms with Crippen LogP contribution in [0.2, 0.25) is 0 Å². The van der Waals surface area contributed by atoms with Gasteiger partial charge in [0.05, 0.1) is 5.56 Å². The predicted octanol–water partition coefficient (Wildman–Crippen LogP) is 1.82. The lowest BCUT2D eigenvalue weighted by Gasteiger charge is -2.22. The summed E-state index contributed by atoms with van der Waals surface area (Å²) in [6.07, 6.45) is 0. The average Bonchev–Trinajstić information content (AvgIpc) is 2.80. The standard InChI is InChI=1S/C16H23N3O/c1-13-11-19(12-15(13)18(2)3)8-9-20-16-7-5-4-6-14(16)10-17/h4-7,13,15H,8-9,11-12H2,1-3H3. The number of hydrogen-bond acceptors (Lipinski definition) is 4. The minimum absolute atomic E-state index is 0.605. The van der Waals surface area contributed by atoms with Crippen LogP contribution in [0.5, 0.6) is 5.75 Å². The third-order valence-corrected chi connectivity index (χ3v) is 3.98. The van der Waals surface area contributed by atoms with Crippen molar-refractivity contribution in [1.29, 1.82) is 5.26 Å². The van der Waals surface area contributed by atoms with Crippen molar-refractivity contribution in [2.75, 3.05) is 40.3 Å². The van der Waals surface area contributed by atoms with Crippen molar-refractivity contribution < 1.29 is 4.74 Å². The highest BCUT2D eigenvalue weighted by Gasteiger charge is 2.30. The Kier molecular flexibility index (Phi) is 4.99. The van der Waals surface area contributed by atoms with Crippen molar-refractivity contribution in [2.24, 2.45) is 5.92 Å². The summed E-state index contributed by atoms with van der Waals surface area (Å²) in [5.41, 5.74) is 0.605. The smallest absolute Gasteiger partial charge is 0.137 e. The van der Waals surface area contributed by atoms with E-state index in [0.717, 1.165) is 19.6 Å². The zero-order valence-electron chi connectivity index (χ0n) is 12.5. The third-order valence-electron chi connectivity index (χ3n) is 3.98. The molecule has 2 atom stereocenters. The second-order valence-electron chi connectivity index (χ2n) is 5.72. The summed E-state index contributed by atoms with van der Waals surface area (Å²) < 4.78 is 5.74. The van der Waals surface area contributed by atoms with Gasteiger partial charge in [0.25, 0.3) is 0 Å². The van der Waals surface area contributed by atoms with E-state index in [9.17, 15) is 0 Å². The number of nitrogens with zero attached hydrogens (tertiary/aromatic N) is 3. The Morgan fingerprint density at radius 3 is 2.75 bits per heavy atom. The number of nitriles is 1. The molecule has 1 saturated heterocycles. The fourth-order valence-corrected chi connectivity index (χ4v) is 2.87. The van der Waals surface area contributed by atoms with Gasteiger partial charge >= 0.3 is 0 Å². The first-order chi connectivity index (χ1) is 9.61. The molecule has 0 aromatic heterocycles. The van der Waals surface area contributed by atoms with Gasteiger partial charge in [0.15, 0.2) is 0 Å². The highest BCUT2D eigenvalue weighted by molar-refractivity contribution is 5.42. The van der Waals surface area contributed by atoms with Crippen molar-refractivity contribution >= 4 is 0 Å². The van der Waals surface area contributed by atoms with E-state index in [1.54, 1.807) is 6.07 Å². The van der Waals surface area contributed by atoms with E-state index in [4.69, 9.17) is 10.00 Å². The van der Waals surface area contributed by atoms with Crippen molar-refractivity contribution in [1.82, 2.24) is 9.80 Å². The molecule has 2 unspecified atom stereocenters. The maximum absolute atomic E-state index is 9.01. The van der Waals surface area contributed by atoms with Crippen molar-refractivity contribution in [2.45, 2.75) is 13.0 Å². The van der Waals surface area contributed by atoms with Crippen LogP contribution in [-0.2, 0) is 0 Å². The third kappa shape index (κ3) is 3.50. The molecule has 0 spiro atoms. The van der Waals surface area contributed by atoms with E-state index in [1.165, 1.54) is 0 Å². The normalized spacial score (nSPS) is 22.9. The molecule has 1 aromatic carbocycles. The van der Waals surface area contributed by atoms with Gasteiger partial charge in [-0.15, -0.1) is 0 Å². The molecule has 0 N–H and O–H groups in total. The van der Waals surface area contributed by atoms with Gasteiger partial charge in [0, 0.05) is 25.7 Å². The maximum Gasteiger partial charge on any atom is 0.137 e. The molecule has 108 valence electrons. The molecule has 1 aliphatic heterocycles. The quantitative estimate of drug-likeness (QED) is 0.820. The fraction of sp³-hybridized carbons (Fsp3) is 0.562. The molecule has 20 heavy (non-hydrogen) atoms. The summed E-state index contributed by atoms with van der Waals surface area (Å²) in [6, 6.07) is 10.2. The number of ether oxygens (including phenoxy) is 1. The van der Waals surface area contributed by atoms with Crippen molar-refractivity contribution in [3.8, 4) is 11.8 Å². The Balaban J connectivity index is 1.81. The molecule has 0 saturated carbocycles. The highest BCUT2D eigenvalue weighted by atomic mass is 16.5. The summed E-state index contributed by atoms with van der Waals surface area (Å²) in [7, 11) is 4.29. The number of likely N-dealkylation sites (tertiary alicyclic amines) is 1. The number of hydrogen-bond donors (Lipinski definition) is 0. The molecule has 0 radical (unpaired) electrons. The highest BCUT2D eigenvalue weighted by Crippen LogP contribution is 2.20. The second kappa shape index (κ2) is 6.74. The van der Waals surface area contributed by atoms with Gasteiger partial charge in [-0.25, -0.2) is 0 Å². The van der Waals surface area contributed by atoms with E-state index >= 15 is 0 Å². The van der Waals surface area contributed by atoms with Crippen LogP contribution in [-0.4, -0.2) is 56.2 Å². The lowest BCUT2D eigenvalue weighted by atomic mass is 10.1. The fourth-order valence-electron chi connectivity index (χ4n) is 2.87. The van der Waals surface area contributed by atoms with Gasteiger partial charge in [-0.05, 0) is 32.1 Å². The van der Waals surface area contributed by atoms with Crippen LogP contribution in [0.3, 0.4) is 0 Å². The number of rotatable bonds is 5. The number of para-hydroxylation sites is 1. The van der Waals surface area contributed by atoms with Gasteiger partial charge in [-0.1, -0.05) is 19.1 Å². The summed E-state index contributed by atoms with van der Waals surface area (Å²) in [5.74, 6) is 1.38. The molecule has 2 rings (SSSR count). The Morgan fingerprint density at radius 1 is 1.35 bits per heavy atom. The average molecular weight is 273 g/mol. The SMILES string of the molecule is CC1CN(CCOc2ccccc2C#N)CC1N(C)C. The van der Waals surface area contributed by atoms with Gasteiger partial charge in [-0.2, -0.15) is 5.26 Å². The van der Waals surface area contributed by atoms with Crippen LogP contribution >= 0.6 is 0 Å². The van der Waals surface area contributed by atoms with Crippen molar-refractivity contribution in [3.63, 3.8) is 0 Å². The first-order valence-electron chi connectivity index (χ1n) is 7.12. The first kappa shape index (κ1) is 14.8. The summed E-state index contributed by atoms with van der Waals surface area (Å²) in [5, 5.41) is 9.01. The second-order valence-corrected chi connectivity index (χ2v) is 5.72. The molecule has 4 nitrogen and oxygen atoms in total. The molecule has 0 bridgehead atoms. The Hall–Kier alpha value is -1.57. The number of benzene rings is 1. The van der Waals surface area contributed by atoms with Crippen LogP contribution < -0.4 is 4.74 Å². The zero-order valence-corrected chi connectivity index (χ0v) is 12.5. The zero-order chi connectivity index (χ0) is 14.5. The van der Waals surface area contributed by atoms with Crippen molar-refractivity contribution in [3.05, 3.63) is 29.8 Å².